The van der Waals surface area contributed by atoms with E-state index in [1.165, 1.54) is 6.07 Å². The quantitative estimate of drug-likeness (QED) is 0.367. The van der Waals surface area contributed by atoms with Gasteiger partial charge in [-0.05, 0) is 68.6 Å². The number of benzene rings is 2. The summed E-state index contributed by atoms with van der Waals surface area (Å²) in [4.78, 5) is 17.6. The summed E-state index contributed by atoms with van der Waals surface area (Å²) in [5, 5.41) is 20.3. The minimum atomic E-state index is -0.252. The number of nitrogens with zero attached hydrogens (tertiary/aromatic N) is 2. The Morgan fingerprint density at radius 1 is 1.06 bits per heavy atom. The van der Waals surface area contributed by atoms with Crippen LogP contribution >= 0.6 is 24.8 Å². The van der Waals surface area contributed by atoms with Crippen molar-refractivity contribution in [2.45, 2.75) is 44.4 Å². The molecule has 0 bridgehead atoms. The number of nitrogens with two attached hydrogens (primary N) is 1. The molecule has 8 nitrogen and oxygen atoms in total. The number of aromatic amines is 1. The summed E-state index contributed by atoms with van der Waals surface area (Å²) in [6.07, 6.45) is 3.29. The average molecular weight is 525 g/mol. The molecule has 1 fully saturated rings. The Balaban J connectivity index is 0.00000171. The van der Waals surface area contributed by atoms with Gasteiger partial charge in [0.05, 0.1) is 23.2 Å². The van der Waals surface area contributed by atoms with Gasteiger partial charge in [-0.15, -0.1) is 24.8 Å². The second-order valence-electron chi connectivity index (χ2n) is 9.24. The molecule has 0 unspecified atom stereocenters. The smallest absolute Gasteiger partial charge is 0.326 e. The van der Waals surface area contributed by atoms with E-state index in [9.17, 15) is 15.0 Å². The number of aromatic hydroxyl groups is 2. The Hall–Kier alpha value is -2.23. The lowest BCUT2D eigenvalue weighted by atomic mass is 9.83. The normalized spacial score (nSPS) is 20.7. The number of halogens is 2. The van der Waals surface area contributed by atoms with Crippen LogP contribution in [0.3, 0.4) is 0 Å². The fourth-order valence-corrected chi connectivity index (χ4v) is 5.48. The Bertz CT molecular complexity index is 1190. The number of rotatable bonds is 6. The van der Waals surface area contributed by atoms with E-state index >= 15 is 0 Å². The van der Waals surface area contributed by atoms with Crippen LogP contribution in [0.5, 0.6) is 11.5 Å². The summed E-state index contributed by atoms with van der Waals surface area (Å²) in [6, 6.07) is 11.1. The van der Waals surface area contributed by atoms with Gasteiger partial charge in [0, 0.05) is 25.1 Å². The molecule has 5 N–H and O–H groups in total. The number of aromatic nitrogens is 2. The largest absolute Gasteiger partial charge is 0.504 e. The number of para-hydroxylation sites is 2. The van der Waals surface area contributed by atoms with Crippen molar-refractivity contribution in [1.29, 1.82) is 0 Å². The van der Waals surface area contributed by atoms with Gasteiger partial charge in [-0.25, -0.2) is 4.79 Å². The van der Waals surface area contributed by atoms with Crippen LogP contribution in [0.15, 0.2) is 41.2 Å². The van der Waals surface area contributed by atoms with E-state index in [1.54, 1.807) is 6.07 Å². The van der Waals surface area contributed by atoms with E-state index < -0.39 is 0 Å². The van der Waals surface area contributed by atoms with Crippen molar-refractivity contribution < 1.29 is 14.9 Å². The van der Waals surface area contributed by atoms with Crippen molar-refractivity contribution in [2.24, 2.45) is 11.7 Å². The molecule has 2 atom stereocenters. The van der Waals surface area contributed by atoms with Gasteiger partial charge in [0.2, 0.25) is 0 Å². The number of piperidine rings is 1. The number of H-pyrrole nitrogens is 1. The Morgan fingerprint density at radius 3 is 2.54 bits per heavy atom. The molecule has 1 aromatic heterocycles. The van der Waals surface area contributed by atoms with Gasteiger partial charge in [-0.2, -0.15) is 0 Å². The Morgan fingerprint density at radius 2 is 1.80 bits per heavy atom. The third kappa shape index (κ3) is 5.47. The maximum atomic E-state index is 12.3. The standard InChI is InChI=1S/C25H32N4O4.2ClH/c26-15-23-17-6-7-21(30)24(31)18(17)14-22(33-23)16-8-12-28(13-9-16)10-3-11-29-20-5-2-1-4-19(20)27-25(29)32;;/h1-2,4-7,16,22-23,30-31H,3,8-15,26H2,(H,27,32);2*1H/t22-,23-;;/m1../s1. The first-order chi connectivity index (χ1) is 16.0. The predicted molar refractivity (Wildman–Crippen MR) is 141 cm³/mol. The predicted octanol–water partition coefficient (Wildman–Crippen LogP) is 3.33. The second-order valence-corrected chi connectivity index (χ2v) is 9.24. The Kier molecular flexibility index (Phi) is 9.12. The van der Waals surface area contributed by atoms with Gasteiger partial charge in [0.15, 0.2) is 11.5 Å². The number of fused-ring (bicyclic) bond motifs is 2. The molecule has 2 aliphatic heterocycles. The molecule has 0 aliphatic carbocycles. The van der Waals surface area contributed by atoms with Gasteiger partial charge in [-0.1, -0.05) is 18.2 Å². The van der Waals surface area contributed by atoms with Crippen molar-refractivity contribution in [1.82, 2.24) is 14.5 Å². The lowest BCUT2D eigenvalue weighted by Gasteiger charge is -2.40. The summed E-state index contributed by atoms with van der Waals surface area (Å²) < 4.78 is 8.16. The maximum absolute atomic E-state index is 12.3. The SMILES string of the molecule is Cl.Cl.NC[C@H]1O[C@@H](C2CCN(CCCn3c(=O)[nH]c4ccccc43)CC2)Cc2c1ccc(O)c2O. The van der Waals surface area contributed by atoms with E-state index in [4.69, 9.17) is 10.5 Å². The second kappa shape index (κ2) is 11.7. The first kappa shape index (κ1) is 27.4. The van der Waals surface area contributed by atoms with Crippen molar-refractivity contribution in [3.05, 3.63) is 58.0 Å². The van der Waals surface area contributed by atoms with Crippen molar-refractivity contribution in [3.8, 4) is 11.5 Å². The lowest BCUT2D eigenvalue weighted by Crippen LogP contribution is -2.42. The molecule has 3 aromatic rings. The van der Waals surface area contributed by atoms with Crippen LogP contribution in [-0.2, 0) is 17.7 Å². The molecule has 10 heteroatoms. The van der Waals surface area contributed by atoms with Crippen molar-refractivity contribution in [3.63, 3.8) is 0 Å². The van der Waals surface area contributed by atoms with Crippen LogP contribution in [-0.4, -0.2) is 56.9 Å². The number of nitrogens with one attached hydrogen (secondary N) is 1. The third-order valence-corrected chi connectivity index (χ3v) is 7.30. The van der Waals surface area contributed by atoms with E-state index in [-0.39, 0.29) is 54.2 Å². The highest BCUT2D eigenvalue weighted by Crippen LogP contribution is 2.42. The van der Waals surface area contributed by atoms with Crippen LogP contribution in [0.25, 0.3) is 11.0 Å². The number of likely N-dealkylation sites (tertiary alicyclic amines) is 1. The molecule has 2 aromatic carbocycles. The van der Waals surface area contributed by atoms with Gasteiger partial charge in [-0.3, -0.25) is 4.57 Å². The van der Waals surface area contributed by atoms with Gasteiger partial charge in [0.25, 0.3) is 0 Å². The number of phenolic OH excluding ortho intramolecular Hbond substituents is 2. The molecule has 2 aliphatic rings. The third-order valence-electron chi connectivity index (χ3n) is 7.30. The molecule has 5 rings (SSSR count). The number of imidazole rings is 1. The zero-order chi connectivity index (χ0) is 22.9. The lowest BCUT2D eigenvalue weighted by molar-refractivity contribution is -0.0647. The van der Waals surface area contributed by atoms with Crippen LogP contribution in [0.4, 0.5) is 0 Å². The molecule has 0 amide bonds. The zero-order valence-corrected chi connectivity index (χ0v) is 21.2. The summed E-state index contributed by atoms with van der Waals surface area (Å²) in [5.74, 6) is 0.264. The minimum Gasteiger partial charge on any atom is -0.504 e. The summed E-state index contributed by atoms with van der Waals surface area (Å²) in [7, 11) is 0. The van der Waals surface area contributed by atoms with Gasteiger partial charge in [0.1, 0.15) is 0 Å². The fraction of sp³-hybridized carbons (Fsp3) is 0.480. The molecule has 3 heterocycles. The van der Waals surface area contributed by atoms with E-state index in [0.29, 0.717) is 25.4 Å². The van der Waals surface area contributed by atoms with Crippen LogP contribution < -0.4 is 11.4 Å². The molecule has 0 saturated carbocycles. The number of ether oxygens (including phenoxy) is 1. The maximum Gasteiger partial charge on any atom is 0.326 e. The van der Waals surface area contributed by atoms with Gasteiger partial charge < -0.3 is 30.6 Å². The molecule has 0 spiro atoms. The minimum absolute atomic E-state index is 0. The summed E-state index contributed by atoms with van der Waals surface area (Å²) >= 11 is 0. The van der Waals surface area contributed by atoms with Crippen molar-refractivity contribution >= 4 is 35.8 Å². The number of hydrogen-bond donors (Lipinski definition) is 4. The monoisotopic (exact) mass is 524 g/mol. The van der Waals surface area contributed by atoms with E-state index in [2.05, 4.69) is 9.88 Å². The molecule has 192 valence electrons. The highest BCUT2D eigenvalue weighted by molar-refractivity contribution is 5.85. The van der Waals surface area contributed by atoms with E-state index in [1.807, 2.05) is 28.8 Å². The van der Waals surface area contributed by atoms with Crippen LogP contribution in [0.2, 0.25) is 0 Å². The van der Waals surface area contributed by atoms with Crippen LogP contribution in [0, 0.1) is 5.92 Å². The Labute approximate surface area is 216 Å². The zero-order valence-electron chi connectivity index (χ0n) is 19.6. The molecule has 0 radical (unpaired) electrons. The van der Waals surface area contributed by atoms with E-state index in [0.717, 1.165) is 61.1 Å². The summed E-state index contributed by atoms with van der Waals surface area (Å²) in [6.45, 7) is 3.97. The molecular formula is C25H34Cl2N4O4. The number of phenols is 2. The number of aryl methyl sites for hydroxylation is 1. The average Bonchev–Trinajstić information content (AvgIpc) is 3.16. The fourth-order valence-electron chi connectivity index (χ4n) is 5.48. The topological polar surface area (TPSA) is 117 Å². The molecule has 35 heavy (non-hydrogen) atoms. The summed E-state index contributed by atoms with van der Waals surface area (Å²) in [5.41, 5.74) is 9.40. The molecule has 1 saturated heterocycles. The van der Waals surface area contributed by atoms with Crippen LogP contribution in [0.1, 0.15) is 36.5 Å². The van der Waals surface area contributed by atoms with Crippen molar-refractivity contribution in [2.75, 3.05) is 26.2 Å². The first-order valence-electron chi connectivity index (χ1n) is 11.8. The highest BCUT2D eigenvalue weighted by Gasteiger charge is 2.35. The highest BCUT2D eigenvalue weighted by atomic mass is 35.5. The molecular weight excluding hydrogens is 491 g/mol. The van der Waals surface area contributed by atoms with Gasteiger partial charge >= 0.3 is 5.69 Å². The first-order valence-corrected chi connectivity index (χ1v) is 11.8. The number of hydrogen-bond acceptors (Lipinski definition) is 6.